The third-order valence-corrected chi connectivity index (χ3v) is 5.70. The van der Waals surface area contributed by atoms with Gasteiger partial charge in [-0.3, -0.25) is 9.59 Å². The Bertz CT molecular complexity index is 950. The second kappa shape index (κ2) is 7.81. The number of nitrogens with zero attached hydrogens (tertiary/aromatic N) is 3. The molecule has 1 aliphatic rings. The van der Waals surface area contributed by atoms with Crippen LogP contribution in [-0.2, 0) is 4.79 Å². The summed E-state index contributed by atoms with van der Waals surface area (Å²) in [7, 11) is 3.74. The number of likely N-dealkylation sites (N-methyl/N-ethyl adjacent to an activating group) is 1. The summed E-state index contributed by atoms with van der Waals surface area (Å²) in [6, 6.07) is 4.86. The molecule has 0 bridgehead atoms. The number of aryl methyl sites for hydroxylation is 2. The number of carbonyl (C=O) groups is 2. The Morgan fingerprint density at radius 3 is 2.46 bits per heavy atom. The van der Waals surface area contributed by atoms with Crippen LogP contribution in [0.5, 0.6) is 0 Å². The minimum Gasteiger partial charge on any atom is -0.503 e. The molecule has 0 unspecified atom stereocenters. The fourth-order valence-electron chi connectivity index (χ4n) is 3.28. The zero-order valence-electron chi connectivity index (χ0n) is 16.2. The van der Waals surface area contributed by atoms with Crippen molar-refractivity contribution in [2.75, 3.05) is 27.2 Å². The molecule has 3 rings (SSSR count). The van der Waals surface area contributed by atoms with Crippen LogP contribution in [0.4, 0.5) is 4.39 Å². The number of Topliss-reactive ketones (excluding diaryl/α,β-unsaturated/α-hetero) is 1. The molecule has 148 valence electrons. The molecule has 8 heteroatoms. The Labute approximate surface area is 166 Å². The average Bonchev–Trinajstić information content (AvgIpc) is 3.10. The Morgan fingerprint density at radius 1 is 1.29 bits per heavy atom. The highest BCUT2D eigenvalue weighted by Crippen LogP contribution is 2.39. The Kier molecular flexibility index (Phi) is 5.62. The van der Waals surface area contributed by atoms with E-state index >= 15 is 0 Å². The van der Waals surface area contributed by atoms with E-state index in [1.165, 1.54) is 40.5 Å². The first-order valence-electron chi connectivity index (χ1n) is 8.83. The Hall–Kier alpha value is -2.58. The van der Waals surface area contributed by atoms with Gasteiger partial charge < -0.3 is 14.9 Å². The number of ketones is 1. The molecule has 6 nitrogen and oxygen atoms in total. The quantitative estimate of drug-likeness (QED) is 0.751. The van der Waals surface area contributed by atoms with Crippen LogP contribution in [-0.4, -0.2) is 58.8 Å². The van der Waals surface area contributed by atoms with Gasteiger partial charge in [0.25, 0.3) is 5.91 Å². The zero-order chi connectivity index (χ0) is 20.6. The number of rotatable bonds is 6. The first-order valence-corrected chi connectivity index (χ1v) is 9.65. The van der Waals surface area contributed by atoms with Gasteiger partial charge in [-0.05, 0) is 45.6 Å². The van der Waals surface area contributed by atoms with E-state index in [2.05, 4.69) is 4.98 Å². The van der Waals surface area contributed by atoms with Crippen LogP contribution in [0.15, 0.2) is 35.6 Å². The molecule has 0 saturated carbocycles. The maximum absolute atomic E-state index is 13.4. The maximum atomic E-state index is 13.4. The summed E-state index contributed by atoms with van der Waals surface area (Å²) in [5.41, 5.74) is 1.15. The largest absolute Gasteiger partial charge is 0.503 e. The van der Waals surface area contributed by atoms with Gasteiger partial charge in [0.1, 0.15) is 5.82 Å². The molecule has 0 fully saturated rings. The molecule has 1 aromatic carbocycles. The fraction of sp³-hybridized carbons (Fsp3) is 0.350. The van der Waals surface area contributed by atoms with Gasteiger partial charge in [0.05, 0.1) is 27.2 Å². The van der Waals surface area contributed by atoms with Crippen LogP contribution < -0.4 is 0 Å². The monoisotopic (exact) mass is 403 g/mol. The molecule has 1 aromatic heterocycles. The molecule has 0 spiro atoms. The smallest absolute Gasteiger partial charge is 0.290 e. The number of carbonyl (C=O) groups excluding carboxylic acids is 2. The topological polar surface area (TPSA) is 73.7 Å². The first-order chi connectivity index (χ1) is 13.2. The highest BCUT2D eigenvalue weighted by Gasteiger charge is 2.44. The van der Waals surface area contributed by atoms with Gasteiger partial charge in [-0.1, -0.05) is 12.1 Å². The van der Waals surface area contributed by atoms with Gasteiger partial charge in [-0.25, -0.2) is 9.37 Å². The number of halogens is 1. The van der Waals surface area contributed by atoms with Crippen molar-refractivity contribution >= 4 is 23.0 Å². The highest BCUT2D eigenvalue weighted by atomic mass is 32.1. The fourth-order valence-corrected chi connectivity index (χ4v) is 4.15. The highest BCUT2D eigenvalue weighted by molar-refractivity contribution is 7.14. The SMILES string of the molecule is Cc1nc(C)c(C(=O)C2=C(O)C(=O)N(CCN(C)C)[C@H]2c2ccc(F)cc2)s1. The van der Waals surface area contributed by atoms with E-state index in [9.17, 15) is 19.1 Å². The molecule has 0 radical (unpaired) electrons. The number of hydrogen-bond donors (Lipinski definition) is 1. The summed E-state index contributed by atoms with van der Waals surface area (Å²) in [6.45, 7) is 4.39. The van der Waals surface area contributed by atoms with Gasteiger partial charge in [0.15, 0.2) is 5.76 Å². The molecule has 2 heterocycles. The minimum absolute atomic E-state index is 0.0158. The summed E-state index contributed by atoms with van der Waals surface area (Å²) in [5.74, 6) is -1.99. The predicted octanol–water partition coefficient (Wildman–Crippen LogP) is 3.04. The van der Waals surface area contributed by atoms with Gasteiger partial charge >= 0.3 is 0 Å². The maximum Gasteiger partial charge on any atom is 0.290 e. The van der Waals surface area contributed by atoms with E-state index < -0.39 is 29.3 Å². The molecule has 1 N–H and O–H groups in total. The van der Waals surface area contributed by atoms with Crippen LogP contribution >= 0.6 is 11.3 Å². The van der Waals surface area contributed by atoms with Crippen molar-refractivity contribution in [2.24, 2.45) is 0 Å². The summed E-state index contributed by atoms with van der Waals surface area (Å²) < 4.78 is 13.4. The van der Waals surface area contributed by atoms with Crippen LogP contribution in [0.3, 0.4) is 0 Å². The lowest BCUT2D eigenvalue weighted by molar-refractivity contribution is -0.129. The van der Waals surface area contributed by atoms with E-state index in [-0.39, 0.29) is 5.57 Å². The lowest BCUT2D eigenvalue weighted by atomic mass is 9.95. The van der Waals surface area contributed by atoms with E-state index in [1.807, 2.05) is 19.0 Å². The van der Waals surface area contributed by atoms with Crippen LogP contribution in [0, 0.1) is 19.7 Å². The van der Waals surface area contributed by atoms with Gasteiger partial charge in [-0.15, -0.1) is 11.3 Å². The van der Waals surface area contributed by atoms with Gasteiger partial charge in [0, 0.05) is 13.1 Å². The Morgan fingerprint density at radius 2 is 1.93 bits per heavy atom. The number of aromatic nitrogens is 1. The van der Waals surface area contributed by atoms with Gasteiger partial charge in [-0.2, -0.15) is 0 Å². The molecule has 1 aliphatic heterocycles. The van der Waals surface area contributed by atoms with Crippen molar-refractivity contribution in [1.29, 1.82) is 0 Å². The van der Waals surface area contributed by atoms with Crippen molar-refractivity contribution in [2.45, 2.75) is 19.9 Å². The number of aliphatic hydroxyl groups is 1. The number of thiazole rings is 1. The Balaban J connectivity index is 2.08. The molecule has 28 heavy (non-hydrogen) atoms. The molecular weight excluding hydrogens is 381 g/mol. The van der Waals surface area contributed by atoms with Crippen molar-refractivity contribution in [3.63, 3.8) is 0 Å². The standard InChI is InChI=1S/C20H22FN3O3S/c1-11-19(28-12(2)22-11)17(25)15-16(13-5-7-14(21)8-6-13)24(10-9-23(3)4)20(27)18(15)26/h5-8,16,26H,9-10H2,1-4H3/t16-/m0/s1. The first kappa shape index (κ1) is 20.2. The van der Waals surface area contributed by atoms with Crippen LogP contribution in [0.25, 0.3) is 0 Å². The number of hydrogen-bond acceptors (Lipinski definition) is 6. The van der Waals surface area contributed by atoms with E-state index in [1.54, 1.807) is 13.8 Å². The molecular formula is C20H22FN3O3S. The molecule has 0 saturated heterocycles. The molecule has 0 aliphatic carbocycles. The molecule has 1 atom stereocenters. The van der Waals surface area contributed by atoms with E-state index in [4.69, 9.17) is 0 Å². The third kappa shape index (κ3) is 3.70. The van der Waals surface area contributed by atoms with Crippen LogP contribution in [0.2, 0.25) is 0 Å². The predicted molar refractivity (Wildman–Crippen MR) is 105 cm³/mol. The van der Waals surface area contributed by atoms with Crippen molar-refractivity contribution < 1.29 is 19.1 Å². The number of benzene rings is 1. The van der Waals surface area contributed by atoms with Crippen LogP contribution in [0.1, 0.15) is 32.0 Å². The van der Waals surface area contributed by atoms with Gasteiger partial charge in [0.2, 0.25) is 5.78 Å². The number of aliphatic hydroxyl groups excluding tert-OH is 1. The third-order valence-electron chi connectivity index (χ3n) is 4.63. The molecule has 2 aromatic rings. The van der Waals surface area contributed by atoms with Crippen molar-refractivity contribution in [3.8, 4) is 0 Å². The summed E-state index contributed by atoms with van der Waals surface area (Å²) in [4.78, 5) is 34.1. The van der Waals surface area contributed by atoms with Crippen molar-refractivity contribution in [1.82, 2.24) is 14.8 Å². The van der Waals surface area contributed by atoms with E-state index in [0.29, 0.717) is 29.2 Å². The second-order valence-electron chi connectivity index (χ2n) is 6.99. The van der Waals surface area contributed by atoms with Crippen molar-refractivity contribution in [3.05, 3.63) is 62.6 Å². The number of amides is 1. The zero-order valence-corrected chi connectivity index (χ0v) is 17.0. The lowest BCUT2D eigenvalue weighted by Gasteiger charge is -2.28. The summed E-state index contributed by atoms with van der Waals surface area (Å²) >= 11 is 1.23. The lowest BCUT2D eigenvalue weighted by Crippen LogP contribution is -2.36. The average molecular weight is 403 g/mol. The summed E-state index contributed by atoms with van der Waals surface area (Å²) in [6.07, 6.45) is 0. The minimum atomic E-state index is -0.776. The summed E-state index contributed by atoms with van der Waals surface area (Å²) in [5, 5.41) is 11.3. The molecule has 1 amide bonds. The second-order valence-corrected chi connectivity index (χ2v) is 8.20. The van der Waals surface area contributed by atoms with E-state index in [0.717, 1.165) is 5.01 Å². The normalized spacial score (nSPS) is 17.1.